The van der Waals surface area contributed by atoms with Gasteiger partial charge in [0.25, 0.3) is 5.56 Å². The Morgan fingerprint density at radius 2 is 2.12 bits per heavy atom. The Morgan fingerprint density at radius 1 is 1.26 bits per heavy atom. The SMILES string of the molecule is COC(=O)C[C@H](c1ccsc1)c1oc(CN2C[C@H]3C[C@@H](C2)c2cccc(=O)n2C3)cc(=O)c1O. The molecule has 0 amide bonds. The number of methoxy groups -OCH3 is 1. The molecule has 3 aromatic heterocycles. The molecule has 0 unspecified atom stereocenters. The highest BCUT2D eigenvalue weighted by atomic mass is 32.1. The van der Waals surface area contributed by atoms with Crippen LogP contribution in [0.4, 0.5) is 0 Å². The topological polar surface area (TPSA) is 102 Å². The average Bonchev–Trinajstić information content (AvgIpc) is 3.35. The Hall–Kier alpha value is -3.17. The van der Waals surface area contributed by atoms with Gasteiger partial charge in [-0.15, -0.1) is 0 Å². The number of aromatic nitrogens is 1. The molecule has 0 saturated carbocycles. The number of aromatic hydroxyl groups is 1. The van der Waals surface area contributed by atoms with Gasteiger partial charge in [-0.2, -0.15) is 11.3 Å². The molecule has 3 aromatic rings. The summed E-state index contributed by atoms with van der Waals surface area (Å²) < 4.78 is 12.8. The molecule has 8 nitrogen and oxygen atoms in total. The number of hydrogen-bond donors (Lipinski definition) is 1. The van der Waals surface area contributed by atoms with Gasteiger partial charge in [0.1, 0.15) is 5.76 Å². The van der Waals surface area contributed by atoms with Crippen LogP contribution in [0.25, 0.3) is 0 Å². The summed E-state index contributed by atoms with van der Waals surface area (Å²) in [6.07, 6.45) is 0.983. The second-order valence-electron chi connectivity index (χ2n) is 9.07. The Morgan fingerprint density at radius 3 is 2.88 bits per heavy atom. The lowest BCUT2D eigenvalue weighted by Gasteiger charge is -2.42. The van der Waals surface area contributed by atoms with Gasteiger partial charge in [-0.25, -0.2) is 0 Å². The van der Waals surface area contributed by atoms with E-state index in [-0.39, 0.29) is 23.7 Å². The molecule has 3 atom stereocenters. The molecule has 1 N–H and O–H groups in total. The molecule has 2 bridgehead atoms. The first kappa shape index (κ1) is 22.6. The van der Waals surface area contributed by atoms with Crippen molar-refractivity contribution in [2.45, 2.75) is 37.8 Å². The van der Waals surface area contributed by atoms with Crippen LogP contribution in [0, 0.1) is 5.92 Å². The Balaban J connectivity index is 1.43. The molecule has 5 heterocycles. The summed E-state index contributed by atoms with van der Waals surface area (Å²) in [5, 5.41) is 14.3. The zero-order chi connectivity index (χ0) is 23.8. The van der Waals surface area contributed by atoms with Crippen LogP contribution in [0.5, 0.6) is 5.75 Å². The molecular weight excluding hydrogens is 456 g/mol. The fourth-order valence-corrected chi connectivity index (χ4v) is 6.01. The smallest absolute Gasteiger partial charge is 0.306 e. The van der Waals surface area contributed by atoms with E-state index in [1.807, 2.05) is 33.5 Å². The standard InChI is InChI=1S/C25H26N2O6S/c1-32-23(30)9-19(16-5-6-34-14-16)25-24(31)21(28)8-18(33-25)13-26-10-15-7-17(12-26)20-3-2-4-22(29)27(20)11-15/h2-6,8,14-15,17,19,31H,7,9-13H2,1H3/t15-,17+,19-/m1/s1. The summed E-state index contributed by atoms with van der Waals surface area (Å²) in [4.78, 5) is 39.2. The van der Waals surface area contributed by atoms with Gasteiger partial charge in [0, 0.05) is 43.4 Å². The van der Waals surface area contributed by atoms with Crippen molar-refractivity contribution in [3.05, 3.63) is 84.4 Å². The average molecular weight is 483 g/mol. The number of pyridine rings is 1. The van der Waals surface area contributed by atoms with Crippen molar-refractivity contribution in [3.8, 4) is 5.75 Å². The summed E-state index contributed by atoms with van der Waals surface area (Å²) >= 11 is 1.46. The number of likely N-dealkylation sites (tertiary alicyclic amines) is 1. The fourth-order valence-electron chi connectivity index (χ4n) is 5.30. The molecule has 1 saturated heterocycles. The van der Waals surface area contributed by atoms with Crippen LogP contribution in [-0.4, -0.2) is 40.7 Å². The lowest BCUT2D eigenvalue weighted by atomic mass is 9.83. The van der Waals surface area contributed by atoms with Gasteiger partial charge >= 0.3 is 5.97 Å². The van der Waals surface area contributed by atoms with Crippen molar-refractivity contribution in [1.82, 2.24) is 9.47 Å². The Bertz CT molecular complexity index is 1310. The maximum absolute atomic E-state index is 12.6. The van der Waals surface area contributed by atoms with Crippen molar-refractivity contribution < 1.29 is 19.1 Å². The van der Waals surface area contributed by atoms with Crippen LogP contribution in [0.1, 0.15) is 47.5 Å². The lowest BCUT2D eigenvalue weighted by molar-refractivity contribution is -0.140. The van der Waals surface area contributed by atoms with E-state index in [0.29, 0.717) is 24.8 Å². The van der Waals surface area contributed by atoms with Crippen molar-refractivity contribution in [3.63, 3.8) is 0 Å². The van der Waals surface area contributed by atoms with Crippen molar-refractivity contribution in [2.75, 3.05) is 20.2 Å². The van der Waals surface area contributed by atoms with Gasteiger partial charge in [-0.3, -0.25) is 19.3 Å². The van der Waals surface area contributed by atoms with Crippen molar-refractivity contribution in [1.29, 1.82) is 0 Å². The van der Waals surface area contributed by atoms with E-state index in [0.717, 1.165) is 30.8 Å². The summed E-state index contributed by atoms with van der Waals surface area (Å²) in [5.74, 6) is -0.455. The van der Waals surface area contributed by atoms with Gasteiger partial charge in [0.2, 0.25) is 11.2 Å². The van der Waals surface area contributed by atoms with Crippen LogP contribution in [-0.2, 0) is 22.6 Å². The number of hydrogen-bond acceptors (Lipinski definition) is 8. The Kier molecular flexibility index (Phi) is 6.14. The number of nitrogens with zero attached hydrogens (tertiary/aromatic N) is 2. The molecule has 0 radical (unpaired) electrons. The van der Waals surface area contributed by atoms with Gasteiger partial charge < -0.3 is 18.8 Å². The predicted molar refractivity (Wildman–Crippen MR) is 126 cm³/mol. The molecule has 0 aliphatic carbocycles. The van der Waals surface area contributed by atoms with Crippen molar-refractivity contribution in [2.24, 2.45) is 5.92 Å². The third-order valence-corrected chi connectivity index (χ3v) is 7.50. The number of piperidine rings is 1. The largest absolute Gasteiger partial charge is 0.502 e. The number of thiophene rings is 1. The first-order valence-corrected chi connectivity index (χ1v) is 12.2. The van der Waals surface area contributed by atoms with E-state index >= 15 is 0 Å². The van der Waals surface area contributed by atoms with Gasteiger partial charge in [0.05, 0.1) is 26.0 Å². The van der Waals surface area contributed by atoms with E-state index in [1.54, 1.807) is 6.07 Å². The highest BCUT2D eigenvalue weighted by molar-refractivity contribution is 7.08. The van der Waals surface area contributed by atoms with Gasteiger partial charge in [-0.05, 0) is 40.8 Å². The van der Waals surface area contributed by atoms with Crippen molar-refractivity contribution >= 4 is 17.3 Å². The minimum atomic E-state index is -0.620. The lowest BCUT2D eigenvalue weighted by Crippen LogP contribution is -2.46. The number of fused-ring (bicyclic) bond motifs is 4. The van der Waals surface area contributed by atoms with Crippen LogP contribution >= 0.6 is 11.3 Å². The first-order valence-electron chi connectivity index (χ1n) is 11.3. The second kappa shape index (κ2) is 9.23. The van der Waals surface area contributed by atoms with E-state index < -0.39 is 23.1 Å². The quantitative estimate of drug-likeness (QED) is 0.539. The van der Waals surface area contributed by atoms with E-state index in [2.05, 4.69) is 4.90 Å². The molecule has 34 heavy (non-hydrogen) atoms. The van der Waals surface area contributed by atoms with E-state index in [9.17, 15) is 19.5 Å². The van der Waals surface area contributed by atoms with Gasteiger partial charge in [0.15, 0.2) is 5.76 Å². The monoisotopic (exact) mass is 482 g/mol. The summed E-state index contributed by atoms with van der Waals surface area (Å²) in [5.41, 5.74) is 1.34. The highest BCUT2D eigenvalue weighted by Gasteiger charge is 2.35. The second-order valence-corrected chi connectivity index (χ2v) is 9.85. The number of esters is 1. The molecule has 1 fully saturated rings. The van der Waals surface area contributed by atoms with Crippen LogP contribution in [0.3, 0.4) is 0 Å². The molecular formula is C25H26N2O6S. The zero-order valence-electron chi connectivity index (χ0n) is 18.8. The fraction of sp³-hybridized carbons (Fsp3) is 0.400. The number of carbonyl (C=O) groups excluding carboxylic acids is 1. The Labute approximate surface area is 200 Å². The molecule has 178 valence electrons. The molecule has 2 aliphatic heterocycles. The minimum Gasteiger partial charge on any atom is -0.502 e. The highest BCUT2D eigenvalue weighted by Crippen LogP contribution is 2.37. The molecule has 5 rings (SSSR count). The maximum atomic E-state index is 12.6. The predicted octanol–water partition coefficient (Wildman–Crippen LogP) is 2.88. The van der Waals surface area contributed by atoms with Gasteiger partial charge in [-0.1, -0.05) is 6.07 Å². The number of carbonyl (C=O) groups is 1. The third-order valence-electron chi connectivity index (χ3n) is 6.80. The van der Waals surface area contributed by atoms with Crippen LogP contribution in [0.15, 0.2) is 55.1 Å². The molecule has 0 spiro atoms. The van der Waals surface area contributed by atoms with E-state index in [1.165, 1.54) is 24.5 Å². The summed E-state index contributed by atoms with van der Waals surface area (Å²) in [6.45, 7) is 2.62. The number of ether oxygens (including phenoxy) is 1. The zero-order valence-corrected chi connectivity index (χ0v) is 19.6. The molecule has 9 heteroatoms. The third kappa shape index (κ3) is 4.33. The van der Waals surface area contributed by atoms with Crippen LogP contribution < -0.4 is 11.0 Å². The minimum absolute atomic E-state index is 0.0416. The summed E-state index contributed by atoms with van der Waals surface area (Å²) in [7, 11) is 1.30. The number of rotatable bonds is 6. The van der Waals surface area contributed by atoms with E-state index in [4.69, 9.17) is 9.15 Å². The molecule has 2 aliphatic rings. The normalized spacial score (nSPS) is 20.5. The van der Waals surface area contributed by atoms with Crippen LogP contribution in [0.2, 0.25) is 0 Å². The maximum Gasteiger partial charge on any atom is 0.306 e. The first-order chi connectivity index (χ1) is 16.4. The summed E-state index contributed by atoms with van der Waals surface area (Å²) in [6, 6.07) is 8.60. The molecule has 0 aromatic carbocycles.